The van der Waals surface area contributed by atoms with Crippen LogP contribution in [0.2, 0.25) is 0 Å². The first-order chi connectivity index (χ1) is 7.05. The molecule has 2 aliphatic rings. The van der Waals surface area contributed by atoms with Gasteiger partial charge in [-0.1, -0.05) is 0 Å². The molecule has 1 aliphatic carbocycles. The Morgan fingerprint density at radius 1 is 1.27 bits per heavy atom. The number of nitrogens with one attached hydrogen (secondary N) is 1. The van der Waals surface area contributed by atoms with Crippen LogP contribution >= 0.6 is 0 Å². The van der Waals surface area contributed by atoms with Gasteiger partial charge in [0, 0.05) is 12.5 Å². The third-order valence-corrected chi connectivity index (χ3v) is 4.86. The fraction of sp³-hybridized carbons (Fsp3) is 0.900. The summed E-state index contributed by atoms with van der Waals surface area (Å²) < 4.78 is 22.7. The average Bonchev–Trinajstić information content (AvgIpc) is 2.85. The van der Waals surface area contributed by atoms with Crippen LogP contribution in [0.25, 0.3) is 0 Å². The van der Waals surface area contributed by atoms with Crippen molar-refractivity contribution in [1.82, 2.24) is 5.32 Å². The predicted octanol–water partition coefficient (Wildman–Crippen LogP) is 0.480. The Morgan fingerprint density at radius 2 is 2.00 bits per heavy atom. The highest BCUT2D eigenvalue weighted by Gasteiger charge is 2.28. The van der Waals surface area contributed by atoms with Gasteiger partial charge in [-0.25, -0.2) is 8.42 Å². The molecule has 1 amide bonds. The lowest BCUT2D eigenvalue weighted by Gasteiger charge is -2.21. The summed E-state index contributed by atoms with van der Waals surface area (Å²) in [6, 6.07) is 0.373. The fourth-order valence-electron chi connectivity index (χ4n) is 2.06. The molecule has 1 saturated heterocycles. The minimum absolute atomic E-state index is 0.0274. The maximum Gasteiger partial charge on any atom is 0.220 e. The minimum atomic E-state index is -2.87. The molecule has 15 heavy (non-hydrogen) atoms. The van der Waals surface area contributed by atoms with Crippen molar-refractivity contribution in [2.24, 2.45) is 5.92 Å². The zero-order chi connectivity index (χ0) is 10.9. The molecule has 0 aromatic carbocycles. The molecular weight excluding hydrogens is 214 g/mol. The van der Waals surface area contributed by atoms with Crippen LogP contribution in [0.4, 0.5) is 0 Å². The van der Waals surface area contributed by atoms with Crippen LogP contribution in [0.5, 0.6) is 0 Å². The lowest BCUT2D eigenvalue weighted by Crippen LogP contribution is -2.32. The summed E-state index contributed by atoms with van der Waals surface area (Å²) in [6.45, 7) is 0. The van der Waals surface area contributed by atoms with Crippen molar-refractivity contribution in [2.45, 2.75) is 38.1 Å². The van der Waals surface area contributed by atoms with E-state index in [4.69, 9.17) is 0 Å². The number of carbonyl (C=O) groups is 1. The molecule has 86 valence electrons. The van der Waals surface area contributed by atoms with Crippen molar-refractivity contribution in [3.8, 4) is 0 Å². The first kappa shape index (κ1) is 10.9. The van der Waals surface area contributed by atoms with Crippen LogP contribution in [-0.2, 0) is 14.6 Å². The molecule has 4 nitrogen and oxygen atoms in total. The second-order valence-electron chi connectivity index (χ2n) is 4.67. The van der Waals surface area contributed by atoms with E-state index in [0.717, 1.165) is 19.3 Å². The van der Waals surface area contributed by atoms with Gasteiger partial charge in [0.1, 0.15) is 0 Å². The highest BCUT2D eigenvalue weighted by atomic mass is 32.2. The van der Waals surface area contributed by atoms with Crippen LogP contribution in [0.3, 0.4) is 0 Å². The van der Waals surface area contributed by atoms with Crippen LogP contribution < -0.4 is 5.32 Å². The Kier molecular flexibility index (Phi) is 3.00. The normalized spacial score (nSPS) is 29.7. The van der Waals surface area contributed by atoms with Crippen LogP contribution in [0, 0.1) is 5.92 Å². The second-order valence-corrected chi connectivity index (χ2v) is 6.90. The Balaban J connectivity index is 1.80. The smallest absolute Gasteiger partial charge is 0.220 e. The van der Waals surface area contributed by atoms with Crippen molar-refractivity contribution in [1.29, 1.82) is 0 Å². The van der Waals surface area contributed by atoms with Crippen molar-refractivity contribution < 1.29 is 13.2 Å². The predicted molar refractivity (Wildman–Crippen MR) is 57.2 cm³/mol. The van der Waals surface area contributed by atoms with Gasteiger partial charge in [0.2, 0.25) is 5.91 Å². The molecule has 1 N–H and O–H groups in total. The lowest BCUT2D eigenvalue weighted by molar-refractivity contribution is -0.122. The lowest BCUT2D eigenvalue weighted by atomic mass is 10.0. The zero-order valence-electron chi connectivity index (χ0n) is 8.74. The number of amides is 1. The Hall–Kier alpha value is -0.580. The van der Waals surface area contributed by atoms with Crippen molar-refractivity contribution in [3.63, 3.8) is 0 Å². The third-order valence-electron chi connectivity index (χ3n) is 2.97. The first-order valence-electron chi connectivity index (χ1n) is 5.55. The second kappa shape index (κ2) is 4.12. The summed E-state index contributed by atoms with van der Waals surface area (Å²) in [5.41, 5.74) is 0. The van der Waals surface area contributed by atoms with E-state index < -0.39 is 9.84 Å². The summed E-state index contributed by atoms with van der Waals surface area (Å²) in [5.74, 6) is 0.570. The van der Waals surface area contributed by atoms with Crippen molar-refractivity contribution in [2.75, 3.05) is 11.5 Å². The Labute approximate surface area is 90.3 Å². The summed E-state index contributed by atoms with van der Waals surface area (Å²) in [7, 11) is -2.87. The highest BCUT2D eigenvalue weighted by molar-refractivity contribution is 7.91. The van der Waals surface area contributed by atoms with E-state index in [-0.39, 0.29) is 17.6 Å². The molecule has 0 aromatic heterocycles. The molecule has 2 rings (SSSR count). The molecule has 1 atom stereocenters. The molecule has 0 radical (unpaired) electrons. The summed E-state index contributed by atoms with van der Waals surface area (Å²) >= 11 is 0. The van der Waals surface area contributed by atoms with Crippen molar-refractivity contribution >= 4 is 15.7 Å². The molecule has 1 heterocycles. The number of hydrogen-bond donors (Lipinski definition) is 1. The summed E-state index contributed by atoms with van der Waals surface area (Å²) in [5, 5.41) is 2.89. The van der Waals surface area contributed by atoms with Crippen molar-refractivity contribution in [3.05, 3.63) is 0 Å². The van der Waals surface area contributed by atoms with Gasteiger partial charge in [-0.05, 0) is 31.6 Å². The van der Waals surface area contributed by atoms with E-state index in [0.29, 0.717) is 24.6 Å². The molecule has 0 aromatic rings. The Morgan fingerprint density at radius 3 is 2.60 bits per heavy atom. The third kappa shape index (κ3) is 3.48. The SMILES string of the molecule is O=C(CC1CCCS(=O)(=O)C1)NC1CC1. The van der Waals surface area contributed by atoms with Gasteiger partial charge in [-0.3, -0.25) is 4.79 Å². The van der Waals surface area contributed by atoms with Crippen LogP contribution in [0.15, 0.2) is 0 Å². The van der Waals surface area contributed by atoms with Gasteiger partial charge in [0.05, 0.1) is 11.5 Å². The molecule has 5 heteroatoms. The van der Waals surface area contributed by atoms with Gasteiger partial charge >= 0.3 is 0 Å². The van der Waals surface area contributed by atoms with E-state index in [2.05, 4.69) is 5.32 Å². The quantitative estimate of drug-likeness (QED) is 0.768. The van der Waals surface area contributed by atoms with Gasteiger partial charge in [-0.15, -0.1) is 0 Å². The fourth-order valence-corrected chi connectivity index (χ4v) is 3.83. The largest absolute Gasteiger partial charge is 0.353 e. The van der Waals surface area contributed by atoms with E-state index in [1.165, 1.54) is 0 Å². The highest BCUT2D eigenvalue weighted by Crippen LogP contribution is 2.23. The van der Waals surface area contributed by atoms with E-state index in [9.17, 15) is 13.2 Å². The number of rotatable bonds is 3. The number of sulfone groups is 1. The minimum Gasteiger partial charge on any atom is -0.353 e. The van der Waals surface area contributed by atoms with Gasteiger partial charge in [-0.2, -0.15) is 0 Å². The van der Waals surface area contributed by atoms with Gasteiger partial charge in [0.25, 0.3) is 0 Å². The molecule has 0 bridgehead atoms. The summed E-state index contributed by atoms with van der Waals surface area (Å²) in [4.78, 5) is 11.5. The molecule has 1 aliphatic heterocycles. The standard InChI is InChI=1S/C10H17NO3S/c12-10(11-9-3-4-9)6-8-2-1-5-15(13,14)7-8/h8-9H,1-7H2,(H,11,12). The maximum atomic E-state index is 11.5. The van der Waals surface area contributed by atoms with E-state index in [1.54, 1.807) is 0 Å². The molecular formula is C10H17NO3S. The van der Waals surface area contributed by atoms with Gasteiger partial charge < -0.3 is 5.32 Å². The van der Waals surface area contributed by atoms with Crippen LogP contribution in [-0.4, -0.2) is 31.9 Å². The average molecular weight is 231 g/mol. The molecule has 2 fully saturated rings. The monoisotopic (exact) mass is 231 g/mol. The topological polar surface area (TPSA) is 63.2 Å². The molecule has 1 saturated carbocycles. The van der Waals surface area contributed by atoms with E-state index in [1.807, 2.05) is 0 Å². The van der Waals surface area contributed by atoms with Gasteiger partial charge in [0.15, 0.2) is 9.84 Å². The molecule has 1 unspecified atom stereocenters. The van der Waals surface area contributed by atoms with Crippen LogP contribution in [0.1, 0.15) is 32.1 Å². The number of carbonyl (C=O) groups excluding carboxylic acids is 1. The summed E-state index contributed by atoms with van der Waals surface area (Å²) in [6.07, 6.45) is 4.13. The molecule has 0 spiro atoms. The van der Waals surface area contributed by atoms with E-state index >= 15 is 0 Å². The zero-order valence-corrected chi connectivity index (χ0v) is 9.55. The Bertz CT molecular complexity index is 346. The number of hydrogen-bond acceptors (Lipinski definition) is 3. The first-order valence-corrected chi connectivity index (χ1v) is 7.37. The maximum absolute atomic E-state index is 11.5.